The molecule has 4 aromatic rings. The lowest BCUT2D eigenvalue weighted by molar-refractivity contribution is -0.133. The number of nitrogens with zero attached hydrogens (tertiary/aromatic N) is 2. The molecule has 2 heterocycles. The Labute approximate surface area is 217 Å². The fourth-order valence-corrected chi connectivity index (χ4v) is 7.81. The Bertz CT molecular complexity index is 1480. The molecule has 1 amide bonds. The second-order valence-electron chi connectivity index (χ2n) is 9.23. The highest BCUT2D eigenvalue weighted by Gasteiger charge is 2.37. The molecule has 1 aromatic heterocycles. The Morgan fingerprint density at radius 3 is 2.53 bits per heavy atom. The zero-order chi connectivity index (χ0) is 25.3. The summed E-state index contributed by atoms with van der Waals surface area (Å²) in [6.45, 7) is 4.20. The molecule has 2 atom stereocenters. The first-order valence-corrected chi connectivity index (χ1v) is 14.6. The lowest BCUT2D eigenvalue weighted by Gasteiger charge is -2.38. The average Bonchev–Trinajstić information content (AvgIpc) is 3.39. The minimum Gasteiger partial charge on any atom is -0.330 e. The van der Waals surface area contributed by atoms with Crippen molar-refractivity contribution < 1.29 is 13.2 Å². The van der Waals surface area contributed by atoms with Gasteiger partial charge in [-0.05, 0) is 53.8 Å². The minimum atomic E-state index is -3.92. The van der Waals surface area contributed by atoms with E-state index < -0.39 is 10.0 Å². The predicted octanol–water partition coefficient (Wildman–Crippen LogP) is 5.86. The van der Waals surface area contributed by atoms with Crippen LogP contribution in [0.5, 0.6) is 0 Å². The van der Waals surface area contributed by atoms with E-state index in [9.17, 15) is 13.2 Å². The highest BCUT2D eigenvalue weighted by atomic mass is 32.2. The van der Waals surface area contributed by atoms with Gasteiger partial charge in [-0.3, -0.25) is 4.79 Å². The summed E-state index contributed by atoms with van der Waals surface area (Å²) >= 11 is 1.72. The Hall–Kier alpha value is -3.00. The summed E-state index contributed by atoms with van der Waals surface area (Å²) in [5.41, 5.74) is 2.18. The lowest BCUT2D eigenvalue weighted by atomic mass is 9.93. The van der Waals surface area contributed by atoms with Crippen molar-refractivity contribution in [2.75, 3.05) is 13.1 Å². The molecule has 2 unspecified atom stereocenters. The fourth-order valence-electron chi connectivity index (χ4n) is 5.03. The van der Waals surface area contributed by atoms with Crippen LogP contribution in [0.1, 0.15) is 42.3 Å². The topological polar surface area (TPSA) is 57.7 Å². The van der Waals surface area contributed by atoms with Gasteiger partial charge in [0.25, 0.3) is 0 Å². The zero-order valence-electron chi connectivity index (χ0n) is 20.5. The first-order chi connectivity index (χ1) is 17.4. The van der Waals surface area contributed by atoms with Crippen molar-refractivity contribution in [1.82, 2.24) is 9.21 Å². The van der Waals surface area contributed by atoms with Crippen molar-refractivity contribution in [3.8, 4) is 0 Å². The monoisotopic (exact) mass is 518 g/mol. The number of hydrogen-bond acceptors (Lipinski definition) is 4. The van der Waals surface area contributed by atoms with Crippen molar-refractivity contribution in [2.45, 2.75) is 43.7 Å². The normalized spacial score (nSPS) is 16.8. The lowest BCUT2D eigenvalue weighted by Crippen LogP contribution is -2.49. The Kier molecular flexibility index (Phi) is 6.97. The van der Waals surface area contributed by atoms with Crippen LogP contribution >= 0.6 is 11.3 Å². The summed E-state index contributed by atoms with van der Waals surface area (Å²) in [4.78, 5) is 17.3. The quantitative estimate of drug-likeness (QED) is 0.308. The van der Waals surface area contributed by atoms with Crippen LogP contribution in [0.2, 0.25) is 0 Å². The van der Waals surface area contributed by atoms with Gasteiger partial charge in [0.2, 0.25) is 15.9 Å². The Balaban J connectivity index is 1.52. The molecule has 0 radical (unpaired) electrons. The second kappa shape index (κ2) is 10.2. The van der Waals surface area contributed by atoms with E-state index in [2.05, 4.69) is 11.4 Å². The van der Waals surface area contributed by atoms with Gasteiger partial charge in [0.1, 0.15) is 0 Å². The number of sulfonamides is 1. The van der Waals surface area contributed by atoms with Crippen LogP contribution in [0.15, 0.2) is 89.1 Å². The smallest absolute Gasteiger partial charge is 0.244 e. The van der Waals surface area contributed by atoms with Crippen LogP contribution in [0.3, 0.4) is 0 Å². The zero-order valence-corrected chi connectivity index (χ0v) is 22.1. The number of rotatable bonds is 7. The van der Waals surface area contributed by atoms with Crippen molar-refractivity contribution in [3.05, 3.63) is 100 Å². The summed E-state index contributed by atoms with van der Waals surface area (Å²) in [5.74, 6) is -0.176. The maximum atomic E-state index is 14.0. The average molecular weight is 519 g/mol. The van der Waals surface area contributed by atoms with Gasteiger partial charge in [0, 0.05) is 22.8 Å². The van der Waals surface area contributed by atoms with Crippen molar-refractivity contribution >= 4 is 38.0 Å². The SMILES string of the molecule is CCC(C)N(CC(=O)N1CCc2sccc2C1c1ccccc1)S(=O)(=O)c1cccc2ccccc12. The molecule has 0 saturated carbocycles. The van der Waals surface area contributed by atoms with E-state index in [-0.39, 0.29) is 29.4 Å². The third-order valence-corrected chi connectivity index (χ3v) is 10.1. The molecule has 0 spiro atoms. The van der Waals surface area contributed by atoms with Gasteiger partial charge >= 0.3 is 0 Å². The van der Waals surface area contributed by atoms with Crippen LogP contribution in [0.4, 0.5) is 0 Å². The number of carbonyl (C=O) groups excluding carboxylic acids is 1. The van der Waals surface area contributed by atoms with Gasteiger partial charge < -0.3 is 4.90 Å². The van der Waals surface area contributed by atoms with Gasteiger partial charge in [0.05, 0.1) is 17.5 Å². The molecule has 7 heteroatoms. The molecule has 0 bridgehead atoms. The molecule has 0 aliphatic carbocycles. The molecule has 3 aromatic carbocycles. The summed E-state index contributed by atoms with van der Waals surface area (Å²) in [6, 6.07) is 24.3. The van der Waals surface area contributed by atoms with Crippen LogP contribution < -0.4 is 0 Å². The first kappa shape index (κ1) is 24.7. The predicted molar refractivity (Wildman–Crippen MR) is 146 cm³/mol. The number of hydrogen-bond donors (Lipinski definition) is 0. The van der Waals surface area contributed by atoms with Crippen molar-refractivity contribution in [3.63, 3.8) is 0 Å². The number of benzene rings is 3. The molecule has 0 saturated heterocycles. The number of fused-ring (bicyclic) bond motifs is 2. The molecule has 0 fully saturated rings. The van der Waals surface area contributed by atoms with Gasteiger partial charge in [0.15, 0.2) is 0 Å². The van der Waals surface area contributed by atoms with Crippen LogP contribution in [-0.2, 0) is 21.2 Å². The summed E-state index contributed by atoms with van der Waals surface area (Å²) in [5, 5.41) is 3.60. The molecular weight excluding hydrogens is 488 g/mol. The number of amides is 1. The highest BCUT2D eigenvalue weighted by molar-refractivity contribution is 7.89. The van der Waals surface area contributed by atoms with Crippen molar-refractivity contribution in [1.29, 1.82) is 0 Å². The molecular formula is C29H30N2O3S2. The third-order valence-electron chi connectivity index (χ3n) is 7.11. The Morgan fingerprint density at radius 1 is 1.03 bits per heavy atom. The van der Waals surface area contributed by atoms with Gasteiger partial charge in [-0.2, -0.15) is 4.31 Å². The van der Waals surface area contributed by atoms with Gasteiger partial charge in [-0.1, -0.05) is 73.7 Å². The van der Waals surface area contributed by atoms with E-state index >= 15 is 0 Å². The van der Waals surface area contributed by atoms with Gasteiger partial charge in [-0.25, -0.2) is 8.42 Å². The van der Waals surface area contributed by atoms with E-state index in [1.54, 1.807) is 23.5 Å². The molecule has 1 aliphatic heterocycles. The van der Waals surface area contributed by atoms with E-state index in [1.165, 1.54) is 9.18 Å². The van der Waals surface area contributed by atoms with Crippen LogP contribution in [0, 0.1) is 0 Å². The molecule has 186 valence electrons. The molecule has 0 N–H and O–H groups in total. The summed E-state index contributed by atoms with van der Waals surface area (Å²) in [6.07, 6.45) is 1.38. The van der Waals surface area contributed by atoms with Crippen molar-refractivity contribution in [2.24, 2.45) is 0 Å². The number of carbonyl (C=O) groups is 1. The van der Waals surface area contributed by atoms with Crippen LogP contribution in [-0.4, -0.2) is 42.7 Å². The van der Waals surface area contributed by atoms with E-state index in [0.29, 0.717) is 18.4 Å². The van der Waals surface area contributed by atoms with Gasteiger partial charge in [-0.15, -0.1) is 11.3 Å². The van der Waals surface area contributed by atoms with E-state index in [1.807, 2.05) is 79.4 Å². The van der Waals surface area contributed by atoms with E-state index in [4.69, 9.17) is 0 Å². The first-order valence-electron chi connectivity index (χ1n) is 12.3. The highest BCUT2D eigenvalue weighted by Crippen LogP contribution is 2.38. The number of thiophene rings is 1. The van der Waals surface area contributed by atoms with E-state index in [0.717, 1.165) is 22.9 Å². The molecule has 36 heavy (non-hydrogen) atoms. The third kappa shape index (κ3) is 4.47. The minimum absolute atomic E-state index is 0.176. The Morgan fingerprint density at radius 2 is 1.75 bits per heavy atom. The second-order valence-corrected chi connectivity index (χ2v) is 12.1. The van der Waals surface area contributed by atoms with Crippen LogP contribution in [0.25, 0.3) is 10.8 Å². The molecule has 1 aliphatic rings. The summed E-state index contributed by atoms with van der Waals surface area (Å²) < 4.78 is 29.5. The maximum absolute atomic E-state index is 14.0. The standard InChI is InChI=1S/C29H30N2O3S2/c1-3-21(2)31(36(33,34)27-15-9-13-22-10-7-8-14-24(22)27)20-28(32)30-18-16-26-25(17-19-35-26)29(30)23-11-5-4-6-12-23/h4-15,17,19,21,29H,3,16,18,20H2,1-2H3. The maximum Gasteiger partial charge on any atom is 0.244 e. The largest absolute Gasteiger partial charge is 0.330 e. The molecule has 5 rings (SSSR count). The summed E-state index contributed by atoms with van der Waals surface area (Å²) in [7, 11) is -3.92. The fraction of sp³-hybridized carbons (Fsp3) is 0.276. The molecule has 5 nitrogen and oxygen atoms in total.